The third kappa shape index (κ3) is 6.23. The molecule has 2 amide bonds. The molecule has 0 spiro atoms. The molecule has 7 nitrogen and oxygen atoms in total. The number of fused-ring (bicyclic) bond motifs is 1. The molecule has 7 heteroatoms. The number of nitrogens with one attached hydrogen (secondary N) is 2. The van der Waals surface area contributed by atoms with Crippen LogP contribution in [0.4, 0.5) is 16.2 Å². The molecule has 0 saturated carbocycles. The van der Waals surface area contributed by atoms with Crippen molar-refractivity contribution in [2.45, 2.75) is 25.4 Å². The highest BCUT2D eigenvalue weighted by Crippen LogP contribution is 2.29. The third-order valence-corrected chi connectivity index (χ3v) is 6.80. The monoisotopic (exact) mass is 487 g/mol. The topological polar surface area (TPSA) is 83.1 Å². The average Bonchev–Trinajstić information content (AvgIpc) is 2.90. The number of aliphatic hydroxyl groups excluding tert-OH is 1. The van der Waals surface area contributed by atoms with Gasteiger partial charge in [0.25, 0.3) is 0 Å². The zero-order valence-electron chi connectivity index (χ0n) is 20.4. The van der Waals surface area contributed by atoms with E-state index < -0.39 is 0 Å². The van der Waals surface area contributed by atoms with Crippen LogP contribution >= 0.6 is 0 Å². The van der Waals surface area contributed by atoms with Crippen molar-refractivity contribution in [2.75, 3.05) is 50.1 Å². The van der Waals surface area contributed by atoms with Gasteiger partial charge in [-0.25, -0.2) is 4.79 Å². The molecular weight excluding hydrogens is 454 g/mol. The second kappa shape index (κ2) is 11.6. The first-order valence-corrected chi connectivity index (χ1v) is 12.6. The Morgan fingerprint density at radius 3 is 2.64 bits per heavy atom. The van der Waals surface area contributed by atoms with E-state index in [2.05, 4.69) is 21.6 Å². The highest BCUT2D eigenvalue weighted by molar-refractivity contribution is 6.00. The van der Waals surface area contributed by atoms with E-state index in [0.29, 0.717) is 18.7 Å². The quantitative estimate of drug-likeness (QED) is 0.455. The van der Waals surface area contributed by atoms with Crippen molar-refractivity contribution >= 4 is 17.4 Å². The fourth-order valence-corrected chi connectivity index (χ4v) is 4.81. The van der Waals surface area contributed by atoms with Gasteiger partial charge in [0.2, 0.25) is 0 Å². The third-order valence-electron chi connectivity index (χ3n) is 6.80. The Morgan fingerprint density at radius 1 is 1.00 bits per heavy atom. The van der Waals surface area contributed by atoms with E-state index >= 15 is 0 Å². The van der Waals surface area contributed by atoms with Crippen molar-refractivity contribution in [1.29, 1.82) is 0 Å². The van der Waals surface area contributed by atoms with Crippen molar-refractivity contribution in [1.82, 2.24) is 4.90 Å². The number of benzene rings is 3. The minimum Gasteiger partial charge on any atom is -0.492 e. The predicted molar refractivity (Wildman–Crippen MR) is 142 cm³/mol. The van der Waals surface area contributed by atoms with E-state index in [4.69, 9.17) is 9.47 Å². The molecule has 1 saturated heterocycles. The van der Waals surface area contributed by atoms with Crippen LogP contribution in [-0.2, 0) is 17.6 Å². The maximum Gasteiger partial charge on any atom is 0.323 e. The van der Waals surface area contributed by atoms with Crippen molar-refractivity contribution < 1.29 is 19.4 Å². The lowest BCUT2D eigenvalue weighted by Crippen LogP contribution is -2.38. The fourth-order valence-electron chi connectivity index (χ4n) is 4.81. The van der Waals surface area contributed by atoms with Gasteiger partial charge in [-0.2, -0.15) is 0 Å². The van der Waals surface area contributed by atoms with Crippen LogP contribution in [0.3, 0.4) is 0 Å². The summed E-state index contributed by atoms with van der Waals surface area (Å²) in [6.07, 6.45) is 1.79. The minimum absolute atomic E-state index is 0.301. The molecule has 3 aromatic carbocycles. The van der Waals surface area contributed by atoms with Crippen LogP contribution in [0.5, 0.6) is 5.75 Å². The molecule has 188 valence electrons. The number of aliphatic hydroxyl groups is 1. The lowest BCUT2D eigenvalue weighted by atomic mass is 9.88. The highest BCUT2D eigenvalue weighted by atomic mass is 16.5. The Labute approximate surface area is 212 Å². The molecule has 36 heavy (non-hydrogen) atoms. The highest BCUT2D eigenvalue weighted by Gasteiger charge is 2.20. The maximum atomic E-state index is 12.7. The van der Waals surface area contributed by atoms with Gasteiger partial charge < -0.3 is 25.2 Å². The first-order valence-electron chi connectivity index (χ1n) is 12.6. The molecule has 0 radical (unpaired) electrons. The van der Waals surface area contributed by atoms with Crippen LogP contribution in [0.25, 0.3) is 11.1 Å². The van der Waals surface area contributed by atoms with Gasteiger partial charge in [-0.1, -0.05) is 36.4 Å². The number of urea groups is 1. The molecule has 1 fully saturated rings. The summed E-state index contributed by atoms with van der Waals surface area (Å²) in [5.41, 5.74) is 5.73. The smallest absolute Gasteiger partial charge is 0.323 e. The number of hydrogen-bond acceptors (Lipinski definition) is 5. The fraction of sp³-hybridized carbons (Fsp3) is 0.345. The molecule has 3 aromatic rings. The SMILES string of the molecule is O=C(Nc1cccc(-c2ccc(OCCN3CCOCC3)cc2)c1)Nc1cccc2c1CC(O)CC2. The number of carbonyl (C=O) groups excluding carboxylic acids is 1. The zero-order chi connectivity index (χ0) is 24.7. The lowest BCUT2D eigenvalue weighted by molar-refractivity contribution is 0.0322. The van der Waals surface area contributed by atoms with Crippen molar-refractivity contribution in [3.8, 4) is 16.9 Å². The lowest BCUT2D eigenvalue weighted by Gasteiger charge is -2.26. The molecule has 1 unspecified atom stereocenters. The maximum absolute atomic E-state index is 12.7. The molecule has 0 aromatic heterocycles. The Kier molecular flexibility index (Phi) is 7.81. The number of amides is 2. The van der Waals surface area contributed by atoms with Crippen LogP contribution in [0, 0.1) is 0 Å². The first-order chi connectivity index (χ1) is 17.6. The van der Waals surface area contributed by atoms with E-state index in [1.165, 1.54) is 5.56 Å². The van der Waals surface area contributed by atoms with Crippen molar-refractivity contribution in [3.63, 3.8) is 0 Å². The second-order valence-electron chi connectivity index (χ2n) is 9.33. The van der Waals surface area contributed by atoms with Crippen molar-refractivity contribution in [2.24, 2.45) is 0 Å². The number of anilines is 2. The number of carbonyl (C=O) groups is 1. The molecule has 1 aliphatic carbocycles. The summed E-state index contributed by atoms with van der Waals surface area (Å²) in [5.74, 6) is 0.844. The number of aryl methyl sites for hydroxylation is 1. The summed E-state index contributed by atoms with van der Waals surface area (Å²) in [6, 6.07) is 21.4. The molecule has 2 aliphatic rings. The predicted octanol–water partition coefficient (Wildman–Crippen LogP) is 4.56. The largest absolute Gasteiger partial charge is 0.492 e. The Bertz CT molecular complexity index is 1180. The van der Waals surface area contributed by atoms with Gasteiger partial charge in [0, 0.05) is 37.4 Å². The van der Waals surface area contributed by atoms with Crippen LogP contribution in [0.15, 0.2) is 66.7 Å². The Balaban J connectivity index is 1.17. The van der Waals surface area contributed by atoms with Crippen molar-refractivity contribution in [3.05, 3.63) is 77.9 Å². The summed E-state index contributed by atoms with van der Waals surface area (Å²) >= 11 is 0. The van der Waals surface area contributed by atoms with E-state index in [1.54, 1.807) is 0 Å². The summed E-state index contributed by atoms with van der Waals surface area (Å²) in [5, 5.41) is 16.0. The number of rotatable bonds is 7. The number of hydrogen-bond donors (Lipinski definition) is 3. The van der Waals surface area contributed by atoms with E-state index in [0.717, 1.165) is 73.8 Å². The van der Waals surface area contributed by atoms with Crippen LogP contribution in [0.1, 0.15) is 17.5 Å². The number of ether oxygens (including phenoxy) is 2. The average molecular weight is 488 g/mol. The van der Waals surface area contributed by atoms with E-state index in [-0.39, 0.29) is 12.1 Å². The van der Waals surface area contributed by atoms with E-state index in [9.17, 15) is 9.90 Å². The standard InChI is InChI=1S/C29H33N3O4/c33-25-10-7-22-3-2-6-28(27(22)20-25)31-29(34)30-24-5-1-4-23(19-24)21-8-11-26(12-9-21)36-18-15-32-13-16-35-17-14-32/h1-6,8-9,11-12,19,25,33H,7,10,13-18,20H2,(H2,30,31,34). The Morgan fingerprint density at radius 2 is 1.81 bits per heavy atom. The van der Waals surface area contributed by atoms with Gasteiger partial charge in [-0.05, 0) is 65.4 Å². The van der Waals surface area contributed by atoms with E-state index in [1.807, 2.05) is 60.7 Å². The number of morpholine rings is 1. The minimum atomic E-state index is -0.359. The molecule has 1 heterocycles. The molecule has 3 N–H and O–H groups in total. The van der Waals surface area contributed by atoms with Crippen LogP contribution in [0.2, 0.25) is 0 Å². The summed E-state index contributed by atoms with van der Waals surface area (Å²) in [6.45, 7) is 5.05. The van der Waals surface area contributed by atoms with Gasteiger partial charge in [0.1, 0.15) is 12.4 Å². The summed E-state index contributed by atoms with van der Waals surface area (Å²) < 4.78 is 11.3. The summed E-state index contributed by atoms with van der Waals surface area (Å²) in [7, 11) is 0. The van der Waals surface area contributed by atoms with Crippen LogP contribution < -0.4 is 15.4 Å². The van der Waals surface area contributed by atoms with Gasteiger partial charge >= 0.3 is 6.03 Å². The molecule has 1 atom stereocenters. The second-order valence-corrected chi connectivity index (χ2v) is 9.33. The molecule has 0 bridgehead atoms. The van der Waals surface area contributed by atoms with Crippen LogP contribution in [-0.4, -0.2) is 61.6 Å². The van der Waals surface area contributed by atoms with Gasteiger partial charge in [0.05, 0.1) is 19.3 Å². The Hall–Kier alpha value is -3.39. The molecular formula is C29H33N3O4. The van der Waals surface area contributed by atoms with Gasteiger partial charge in [-0.15, -0.1) is 0 Å². The summed E-state index contributed by atoms with van der Waals surface area (Å²) in [4.78, 5) is 15.1. The number of nitrogens with zero attached hydrogens (tertiary/aromatic N) is 1. The van der Waals surface area contributed by atoms with Gasteiger partial charge in [0.15, 0.2) is 0 Å². The molecule has 1 aliphatic heterocycles. The molecule has 5 rings (SSSR count). The van der Waals surface area contributed by atoms with Gasteiger partial charge in [-0.3, -0.25) is 4.90 Å². The normalized spacial score (nSPS) is 17.8. The first kappa shape index (κ1) is 24.3. The zero-order valence-corrected chi connectivity index (χ0v) is 20.4.